The van der Waals surface area contributed by atoms with E-state index >= 15 is 0 Å². The van der Waals surface area contributed by atoms with Gasteiger partial charge in [0.25, 0.3) is 0 Å². The molecule has 1 aromatic heterocycles. The van der Waals surface area contributed by atoms with E-state index in [-0.39, 0.29) is 23.8 Å². The number of aromatic nitrogens is 1. The van der Waals surface area contributed by atoms with E-state index in [9.17, 15) is 9.59 Å². The number of anilines is 3. The molecule has 2 fully saturated rings. The summed E-state index contributed by atoms with van der Waals surface area (Å²) in [6.07, 6.45) is 6.82. The summed E-state index contributed by atoms with van der Waals surface area (Å²) in [5, 5.41) is 13.0. The van der Waals surface area contributed by atoms with Gasteiger partial charge in [0.2, 0.25) is 11.8 Å². The van der Waals surface area contributed by atoms with E-state index in [1.165, 1.54) is 11.8 Å². The van der Waals surface area contributed by atoms with Crippen molar-refractivity contribution in [2.45, 2.75) is 38.2 Å². The Bertz CT molecular complexity index is 1140. The summed E-state index contributed by atoms with van der Waals surface area (Å²) in [4.78, 5) is 33.1. The number of likely N-dealkylation sites (N-methyl/N-ethyl adjacent to an activating group) is 1. The molecule has 10 heteroatoms. The molecule has 2 aliphatic rings. The van der Waals surface area contributed by atoms with Gasteiger partial charge in [-0.2, -0.15) is 0 Å². The molecular formula is C30H43N5O5. The van der Waals surface area contributed by atoms with Crippen LogP contribution in [0, 0.1) is 11.8 Å². The van der Waals surface area contributed by atoms with Crippen molar-refractivity contribution in [2.24, 2.45) is 11.8 Å². The molecule has 40 heavy (non-hydrogen) atoms. The lowest BCUT2D eigenvalue weighted by molar-refractivity contribution is -0.131. The fourth-order valence-corrected chi connectivity index (χ4v) is 5.46. The van der Waals surface area contributed by atoms with Crippen molar-refractivity contribution in [3.8, 4) is 0 Å². The third-order valence-electron chi connectivity index (χ3n) is 7.82. The first kappa shape index (κ1) is 29.6. The zero-order valence-corrected chi connectivity index (χ0v) is 24.2. The predicted molar refractivity (Wildman–Crippen MR) is 157 cm³/mol. The summed E-state index contributed by atoms with van der Waals surface area (Å²) >= 11 is 0. The molecule has 1 N–H and O–H groups in total. The van der Waals surface area contributed by atoms with Crippen LogP contribution in [0.1, 0.15) is 37.8 Å². The Labute approximate surface area is 237 Å². The van der Waals surface area contributed by atoms with E-state index in [2.05, 4.69) is 44.1 Å². The van der Waals surface area contributed by atoms with Gasteiger partial charge in [0, 0.05) is 69.7 Å². The van der Waals surface area contributed by atoms with Gasteiger partial charge in [-0.15, -0.1) is 0 Å². The summed E-state index contributed by atoms with van der Waals surface area (Å²) in [5.74, 6) is -0.482. The predicted octanol–water partition coefficient (Wildman–Crippen LogP) is 3.83. The Morgan fingerprint density at radius 1 is 1.10 bits per heavy atom. The molecule has 1 saturated heterocycles. The highest BCUT2D eigenvalue weighted by Crippen LogP contribution is 2.32. The van der Waals surface area contributed by atoms with Crippen molar-refractivity contribution < 1.29 is 24.0 Å². The molecule has 1 saturated carbocycles. The third kappa shape index (κ3) is 8.08. The van der Waals surface area contributed by atoms with Crippen LogP contribution in [0.15, 0.2) is 40.9 Å². The maximum atomic E-state index is 13.9. The molecule has 1 amide bonds. The van der Waals surface area contributed by atoms with Crippen LogP contribution in [0.3, 0.4) is 0 Å². The number of aliphatic carboxylic acids is 1. The quantitative estimate of drug-likeness (QED) is 0.393. The maximum absolute atomic E-state index is 13.9. The van der Waals surface area contributed by atoms with E-state index in [0.29, 0.717) is 24.7 Å². The van der Waals surface area contributed by atoms with Gasteiger partial charge in [-0.05, 0) is 82.5 Å². The molecule has 1 atom stereocenters. The molecule has 218 valence electrons. The van der Waals surface area contributed by atoms with Gasteiger partial charge in [0.1, 0.15) is 5.69 Å². The maximum Gasteiger partial charge on any atom is 0.328 e. The Hall–Kier alpha value is -3.37. The number of carbonyl (C=O) groups excluding carboxylic acids is 1. The normalized spacial score (nSPS) is 21.3. The van der Waals surface area contributed by atoms with Crippen molar-refractivity contribution in [2.75, 3.05) is 75.7 Å². The standard InChI is InChI=1S/C30H43N5O5/c1-32(2)17-18-39-27-12-5-23(6-13-27)30(38)35(28-19-24(31-40-28)7-14-29(36)37)21-22-15-16-34(20-22)26-10-8-25(9-11-26)33(3)4/h7-11,14,19,22-23,27H,5-6,12-13,15-18,20-21H2,1-4H3,(H,36,37). The van der Waals surface area contributed by atoms with Gasteiger partial charge < -0.3 is 29.1 Å². The van der Waals surface area contributed by atoms with Crippen LogP contribution < -0.4 is 14.7 Å². The minimum Gasteiger partial charge on any atom is -0.478 e. The lowest BCUT2D eigenvalue weighted by Gasteiger charge is -2.32. The summed E-state index contributed by atoms with van der Waals surface area (Å²) < 4.78 is 11.6. The van der Waals surface area contributed by atoms with Crippen LogP contribution in [0.2, 0.25) is 0 Å². The lowest BCUT2D eigenvalue weighted by atomic mass is 9.86. The molecule has 2 aromatic rings. The molecule has 2 heterocycles. The van der Waals surface area contributed by atoms with Gasteiger partial charge in [-0.25, -0.2) is 4.79 Å². The number of hydrogen-bond acceptors (Lipinski definition) is 8. The highest BCUT2D eigenvalue weighted by molar-refractivity contribution is 5.94. The van der Waals surface area contributed by atoms with Crippen molar-refractivity contribution in [1.29, 1.82) is 0 Å². The summed E-state index contributed by atoms with van der Waals surface area (Å²) in [6, 6.07) is 10.2. The number of ether oxygens (including phenoxy) is 1. The monoisotopic (exact) mass is 553 g/mol. The van der Waals surface area contributed by atoms with Gasteiger partial charge >= 0.3 is 5.97 Å². The van der Waals surface area contributed by atoms with Gasteiger partial charge in [0.15, 0.2) is 0 Å². The average molecular weight is 554 g/mol. The fraction of sp³-hybridized carbons (Fsp3) is 0.567. The van der Waals surface area contributed by atoms with E-state index in [1.54, 1.807) is 11.0 Å². The molecule has 1 aromatic carbocycles. The zero-order chi connectivity index (χ0) is 28.6. The fourth-order valence-electron chi connectivity index (χ4n) is 5.46. The molecule has 10 nitrogen and oxygen atoms in total. The largest absolute Gasteiger partial charge is 0.478 e. The number of carbonyl (C=O) groups is 2. The SMILES string of the molecule is CN(C)CCOC1CCC(C(=O)N(CC2CCN(c3ccc(N(C)C)cc3)C2)c2cc(C=CC(=O)O)no2)CC1. The number of carboxylic acids is 1. The van der Waals surface area contributed by atoms with Gasteiger partial charge in [-0.1, -0.05) is 5.16 Å². The Morgan fingerprint density at radius 3 is 2.48 bits per heavy atom. The minimum atomic E-state index is -1.06. The molecule has 0 bridgehead atoms. The van der Waals surface area contributed by atoms with E-state index in [0.717, 1.165) is 63.5 Å². The molecule has 1 aliphatic carbocycles. The molecule has 0 spiro atoms. The first-order chi connectivity index (χ1) is 19.2. The van der Waals surface area contributed by atoms with Crippen LogP contribution in [0.25, 0.3) is 6.08 Å². The van der Waals surface area contributed by atoms with E-state index < -0.39 is 5.97 Å². The summed E-state index contributed by atoms with van der Waals surface area (Å²) in [6.45, 7) is 3.88. The number of benzene rings is 1. The third-order valence-corrected chi connectivity index (χ3v) is 7.82. The molecule has 1 aliphatic heterocycles. The molecule has 0 radical (unpaired) electrons. The second kappa shape index (κ2) is 13.8. The van der Waals surface area contributed by atoms with Crippen molar-refractivity contribution in [3.05, 3.63) is 42.1 Å². The van der Waals surface area contributed by atoms with Crippen LogP contribution in [0.4, 0.5) is 17.3 Å². The topological polar surface area (TPSA) is 103 Å². The van der Waals surface area contributed by atoms with Crippen LogP contribution in [-0.2, 0) is 14.3 Å². The molecule has 4 rings (SSSR count). The molecule has 1 unspecified atom stereocenters. The number of carboxylic acid groups (broad SMARTS) is 1. The van der Waals surface area contributed by atoms with Gasteiger partial charge in [-0.3, -0.25) is 9.69 Å². The Kier molecular flexibility index (Phi) is 10.2. The van der Waals surface area contributed by atoms with Crippen LogP contribution in [0.5, 0.6) is 0 Å². The zero-order valence-electron chi connectivity index (χ0n) is 24.2. The minimum absolute atomic E-state index is 0.0467. The van der Waals surface area contributed by atoms with Crippen LogP contribution >= 0.6 is 0 Å². The first-order valence-electron chi connectivity index (χ1n) is 14.2. The Balaban J connectivity index is 1.42. The van der Waals surface area contributed by atoms with Gasteiger partial charge in [0.05, 0.1) is 12.7 Å². The van der Waals surface area contributed by atoms with E-state index in [4.69, 9.17) is 14.4 Å². The highest BCUT2D eigenvalue weighted by Gasteiger charge is 2.34. The summed E-state index contributed by atoms with van der Waals surface area (Å²) in [5.41, 5.74) is 2.72. The number of rotatable bonds is 12. The second-order valence-electron chi connectivity index (χ2n) is 11.4. The smallest absolute Gasteiger partial charge is 0.328 e. The van der Waals surface area contributed by atoms with Crippen molar-refractivity contribution in [3.63, 3.8) is 0 Å². The first-order valence-corrected chi connectivity index (χ1v) is 14.2. The lowest BCUT2D eigenvalue weighted by Crippen LogP contribution is -2.42. The second-order valence-corrected chi connectivity index (χ2v) is 11.4. The highest BCUT2D eigenvalue weighted by atomic mass is 16.5. The number of nitrogens with zero attached hydrogens (tertiary/aromatic N) is 5. The Morgan fingerprint density at radius 2 is 1.82 bits per heavy atom. The van der Waals surface area contributed by atoms with Crippen LogP contribution in [-0.4, -0.2) is 94.1 Å². The number of hydrogen-bond donors (Lipinski definition) is 1. The summed E-state index contributed by atoms with van der Waals surface area (Å²) in [7, 11) is 8.13. The molecular weight excluding hydrogens is 510 g/mol. The average Bonchev–Trinajstić information content (AvgIpc) is 3.60. The van der Waals surface area contributed by atoms with E-state index in [1.807, 2.05) is 28.2 Å². The van der Waals surface area contributed by atoms with Crippen molar-refractivity contribution >= 4 is 35.2 Å². The van der Waals surface area contributed by atoms with Crippen molar-refractivity contribution in [1.82, 2.24) is 10.1 Å². The number of amides is 1.